The fourth-order valence-corrected chi connectivity index (χ4v) is 5.10. The van der Waals surface area contributed by atoms with Crippen molar-refractivity contribution in [2.75, 3.05) is 0 Å². The highest BCUT2D eigenvalue weighted by atomic mass is 16.3. The molecule has 0 fully saturated rings. The average Bonchev–Trinajstić information content (AvgIpc) is 3.62. The Morgan fingerprint density at radius 2 is 1.69 bits per heavy atom. The molecule has 9 heteroatoms. The average molecular weight is 483 g/mol. The van der Waals surface area contributed by atoms with E-state index in [0.29, 0.717) is 35.6 Å². The molecule has 0 radical (unpaired) electrons. The fourth-order valence-electron chi connectivity index (χ4n) is 5.10. The third kappa shape index (κ3) is 3.26. The largest absolute Gasteiger partial charge is 0.467 e. The van der Waals surface area contributed by atoms with E-state index < -0.39 is 6.04 Å². The predicted octanol–water partition coefficient (Wildman–Crippen LogP) is 4.72. The summed E-state index contributed by atoms with van der Waals surface area (Å²) in [4.78, 5) is 37.5. The minimum Gasteiger partial charge on any atom is -0.467 e. The van der Waals surface area contributed by atoms with Crippen molar-refractivity contribution in [3.63, 3.8) is 0 Å². The summed E-state index contributed by atoms with van der Waals surface area (Å²) in [7, 11) is 0. The number of hydrogen-bond acceptors (Lipinski definition) is 6. The number of benzene rings is 1. The number of rotatable bonds is 6. The van der Waals surface area contributed by atoms with E-state index >= 15 is 0 Å². The standard InChI is InChI=1S/C27H26N6O3/c1-15(2)12-21(33-26(34)19-9-5-6-10-20(19)27(33)35)23-29-25-22-16(3)17(4)31(13-18-8-7-11-36-18)24(22)28-14-32(25)30-23/h5-11,14-15,21H,12-13H2,1-4H3/t21-/m0/s1. The van der Waals surface area contributed by atoms with Crippen molar-refractivity contribution in [2.45, 2.75) is 46.7 Å². The van der Waals surface area contributed by atoms with E-state index in [-0.39, 0.29) is 17.7 Å². The summed E-state index contributed by atoms with van der Waals surface area (Å²) in [6, 6.07) is 10.2. The van der Waals surface area contributed by atoms with Gasteiger partial charge in [-0.2, -0.15) is 0 Å². The van der Waals surface area contributed by atoms with Crippen molar-refractivity contribution in [3.8, 4) is 0 Å². The van der Waals surface area contributed by atoms with Gasteiger partial charge in [-0.15, -0.1) is 5.10 Å². The smallest absolute Gasteiger partial charge is 0.262 e. The van der Waals surface area contributed by atoms with Crippen molar-refractivity contribution < 1.29 is 14.0 Å². The maximum atomic E-state index is 13.3. The first-order chi connectivity index (χ1) is 17.3. The third-order valence-electron chi connectivity index (χ3n) is 6.99. The molecule has 0 saturated carbocycles. The third-order valence-corrected chi connectivity index (χ3v) is 6.99. The van der Waals surface area contributed by atoms with Gasteiger partial charge < -0.3 is 8.98 Å². The summed E-state index contributed by atoms with van der Waals surface area (Å²) in [6.07, 6.45) is 3.85. The molecule has 6 rings (SSSR count). The van der Waals surface area contributed by atoms with E-state index in [1.165, 1.54) is 4.90 Å². The highest BCUT2D eigenvalue weighted by Gasteiger charge is 2.42. The van der Waals surface area contributed by atoms with Gasteiger partial charge in [0.25, 0.3) is 11.8 Å². The molecular weight excluding hydrogens is 456 g/mol. The monoisotopic (exact) mass is 482 g/mol. The molecule has 4 aromatic heterocycles. The molecule has 182 valence electrons. The summed E-state index contributed by atoms with van der Waals surface area (Å²) < 4.78 is 9.31. The Morgan fingerprint density at radius 3 is 2.33 bits per heavy atom. The van der Waals surface area contributed by atoms with Crippen LogP contribution >= 0.6 is 0 Å². The number of nitrogens with zero attached hydrogens (tertiary/aromatic N) is 6. The molecule has 0 bridgehead atoms. The molecule has 0 saturated heterocycles. The zero-order chi connectivity index (χ0) is 25.1. The first-order valence-electron chi connectivity index (χ1n) is 12.0. The van der Waals surface area contributed by atoms with Crippen molar-refractivity contribution in [3.05, 3.63) is 83.0 Å². The zero-order valence-electron chi connectivity index (χ0n) is 20.6. The number of aryl methyl sites for hydroxylation is 1. The van der Waals surface area contributed by atoms with Gasteiger partial charge >= 0.3 is 0 Å². The number of imide groups is 1. The minimum absolute atomic E-state index is 0.211. The zero-order valence-corrected chi connectivity index (χ0v) is 20.6. The van der Waals surface area contributed by atoms with Gasteiger partial charge in [-0.1, -0.05) is 26.0 Å². The van der Waals surface area contributed by atoms with E-state index in [0.717, 1.165) is 28.1 Å². The highest BCUT2D eigenvalue weighted by Crippen LogP contribution is 2.35. The van der Waals surface area contributed by atoms with Crippen LogP contribution in [-0.4, -0.2) is 40.9 Å². The Kier molecular flexibility index (Phi) is 5.03. The first-order valence-corrected chi connectivity index (χ1v) is 12.0. The molecule has 0 unspecified atom stereocenters. The summed E-state index contributed by atoms with van der Waals surface area (Å²) in [5, 5.41) is 5.61. The number of hydrogen-bond donors (Lipinski definition) is 0. The molecule has 0 aliphatic carbocycles. The van der Waals surface area contributed by atoms with Gasteiger partial charge in [0.1, 0.15) is 23.8 Å². The fraction of sp³-hybridized carbons (Fsp3) is 0.296. The van der Waals surface area contributed by atoms with Crippen molar-refractivity contribution in [1.29, 1.82) is 0 Å². The number of aromatic nitrogens is 5. The van der Waals surface area contributed by atoms with Crippen LogP contribution in [0.2, 0.25) is 0 Å². The van der Waals surface area contributed by atoms with E-state index in [1.54, 1.807) is 41.4 Å². The van der Waals surface area contributed by atoms with Crippen LogP contribution in [0, 0.1) is 19.8 Å². The Labute approximate surface area is 207 Å². The molecule has 1 aromatic carbocycles. The quantitative estimate of drug-likeness (QED) is 0.325. The second-order valence-electron chi connectivity index (χ2n) is 9.73. The van der Waals surface area contributed by atoms with Crippen LogP contribution in [0.5, 0.6) is 0 Å². The summed E-state index contributed by atoms with van der Waals surface area (Å²) >= 11 is 0. The van der Waals surface area contributed by atoms with Crippen LogP contribution in [0.1, 0.15) is 69.9 Å². The van der Waals surface area contributed by atoms with E-state index in [9.17, 15) is 9.59 Å². The molecule has 1 aliphatic rings. The Hall–Kier alpha value is -4.27. The number of furan rings is 1. The van der Waals surface area contributed by atoms with E-state index in [4.69, 9.17) is 19.5 Å². The number of fused-ring (bicyclic) bond motifs is 4. The Bertz CT molecular complexity index is 1610. The molecule has 9 nitrogen and oxygen atoms in total. The van der Waals surface area contributed by atoms with Crippen molar-refractivity contribution in [1.82, 2.24) is 29.0 Å². The van der Waals surface area contributed by atoms with Crippen LogP contribution in [0.25, 0.3) is 16.7 Å². The summed E-state index contributed by atoms with van der Waals surface area (Å²) in [6.45, 7) is 8.76. The normalized spacial score (nSPS) is 14.5. The lowest BCUT2D eigenvalue weighted by Gasteiger charge is -2.25. The van der Waals surface area contributed by atoms with Gasteiger partial charge in [0, 0.05) is 5.69 Å². The molecule has 1 atom stereocenters. The molecule has 1 aliphatic heterocycles. The Morgan fingerprint density at radius 1 is 0.972 bits per heavy atom. The van der Waals surface area contributed by atoms with Gasteiger partial charge in [-0.3, -0.25) is 14.5 Å². The number of carbonyl (C=O) groups is 2. The second-order valence-corrected chi connectivity index (χ2v) is 9.73. The minimum atomic E-state index is -0.584. The predicted molar refractivity (Wildman–Crippen MR) is 133 cm³/mol. The van der Waals surface area contributed by atoms with Crippen LogP contribution in [-0.2, 0) is 6.54 Å². The van der Waals surface area contributed by atoms with Gasteiger partial charge in [-0.25, -0.2) is 14.5 Å². The van der Waals surface area contributed by atoms with Gasteiger partial charge in [0.2, 0.25) is 0 Å². The number of amides is 2. The van der Waals surface area contributed by atoms with E-state index in [1.807, 2.05) is 26.0 Å². The molecule has 36 heavy (non-hydrogen) atoms. The van der Waals surface area contributed by atoms with Crippen molar-refractivity contribution in [2.24, 2.45) is 5.92 Å². The highest BCUT2D eigenvalue weighted by molar-refractivity contribution is 6.21. The summed E-state index contributed by atoms with van der Waals surface area (Å²) in [5.74, 6) is 0.868. The second kappa shape index (κ2) is 8.15. The van der Waals surface area contributed by atoms with Crippen molar-refractivity contribution >= 4 is 28.5 Å². The van der Waals surface area contributed by atoms with Gasteiger partial charge in [0.15, 0.2) is 11.5 Å². The Balaban J connectivity index is 1.48. The SMILES string of the molecule is Cc1c(C)n(Cc2ccco2)c2ncn3nc([C@H](CC(C)C)N4C(=O)c5ccccc5C4=O)nc3c12. The molecule has 0 N–H and O–H groups in total. The lowest BCUT2D eigenvalue weighted by molar-refractivity contribution is 0.0555. The first kappa shape index (κ1) is 22.2. The van der Waals surface area contributed by atoms with Crippen LogP contribution in [0.3, 0.4) is 0 Å². The molecule has 5 aromatic rings. The topological polar surface area (TPSA) is 98.5 Å². The molecule has 2 amide bonds. The lowest BCUT2D eigenvalue weighted by atomic mass is 10.0. The van der Waals surface area contributed by atoms with Crippen LogP contribution in [0.4, 0.5) is 0 Å². The molecule has 5 heterocycles. The molecular formula is C27H26N6O3. The lowest BCUT2D eigenvalue weighted by Crippen LogP contribution is -2.35. The maximum Gasteiger partial charge on any atom is 0.262 e. The number of carbonyl (C=O) groups excluding carboxylic acids is 2. The van der Waals surface area contributed by atoms with Gasteiger partial charge in [-0.05, 0) is 56.0 Å². The van der Waals surface area contributed by atoms with Crippen LogP contribution < -0.4 is 0 Å². The van der Waals surface area contributed by atoms with Gasteiger partial charge in [0.05, 0.1) is 29.3 Å². The maximum absolute atomic E-state index is 13.3. The van der Waals surface area contributed by atoms with Crippen LogP contribution in [0.15, 0.2) is 53.4 Å². The summed E-state index contributed by atoms with van der Waals surface area (Å²) in [5.41, 5.74) is 4.39. The van der Waals surface area contributed by atoms with E-state index in [2.05, 4.69) is 18.4 Å². The molecule has 0 spiro atoms.